The second kappa shape index (κ2) is 10.5. The summed E-state index contributed by atoms with van der Waals surface area (Å²) < 4.78 is 31.5. The van der Waals surface area contributed by atoms with Crippen LogP contribution in [0.25, 0.3) is 0 Å². The van der Waals surface area contributed by atoms with E-state index in [4.69, 9.17) is 11.6 Å². The summed E-state index contributed by atoms with van der Waals surface area (Å²) in [6.45, 7) is -0.0210. The minimum atomic E-state index is -3.79. The first-order chi connectivity index (χ1) is 19.6. The van der Waals surface area contributed by atoms with E-state index in [0.717, 1.165) is 9.62 Å². The molecule has 0 aliphatic carbocycles. The van der Waals surface area contributed by atoms with Gasteiger partial charge in [-0.05, 0) is 22.4 Å². The van der Waals surface area contributed by atoms with Crippen molar-refractivity contribution in [3.05, 3.63) is 45.5 Å². The maximum Gasteiger partial charge on any atom is 0.347 e. The molecule has 1 atom stereocenters. The van der Waals surface area contributed by atoms with Gasteiger partial charge in [0, 0.05) is 29.2 Å². The van der Waals surface area contributed by atoms with Gasteiger partial charge in [-0.1, -0.05) is 50.8 Å². The molecule has 0 saturated carbocycles. The molecule has 0 aromatic heterocycles. The molecular formula is C22H29B11ClF2N3O4. The van der Waals surface area contributed by atoms with Crippen LogP contribution < -0.4 is 21.9 Å². The number of carbonyl (C=O) groups excluding carboxylic acids is 4. The first kappa shape index (κ1) is 33.3. The SMILES string of the molecule is Bc1c(B)c(C(F)(F)C(=O)N(B)Cc2ccc3c(c2)CN(C2(B)C(=O)N(B)C(=O)C(B)(B)C2(B)B)C3=O)c(B)c(B)c1Cl. The van der Waals surface area contributed by atoms with Crippen molar-refractivity contribution in [3.63, 3.8) is 0 Å². The van der Waals surface area contributed by atoms with Gasteiger partial charge in [0.25, 0.3) is 11.8 Å². The number of alkyl halides is 2. The van der Waals surface area contributed by atoms with Gasteiger partial charge in [0.05, 0.1) is 5.44 Å². The first-order valence-corrected chi connectivity index (χ1v) is 14.6. The standard InChI is InChI=1S/C22H29B11ClF2N3O4/c23-10-9(11(24)13(26)14(34)12(10)25)19(35,36)16(41)38(32)4-6-1-2-8-7(3-6)5-37(15(8)40)21(29)18(43)39(33)17(42)20(27,28)22(21,30)31/h1-3H,4-5,23-33H2. The molecule has 1 unspecified atom stereocenters. The van der Waals surface area contributed by atoms with Gasteiger partial charge >= 0.3 is 5.92 Å². The van der Waals surface area contributed by atoms with Gasteiger partial charge in [-0.25, -0.2) is 0 Å². The number of nitrogens with zero attached hydrogens (tertiary/aromatic N) is 3. The number of rotatable bonds is 5. The van der Waals surface area contributed by atoms with Crippen LogP contribution in [0.5, 0.6) is 0 Å². The topological polar surface area (TPSA) is 78.0 Å². The number of piperidine rings is 1. The number of benzene rings is 2. The fourth-order valence-corrected chi connectivity index (χ4v) is 6.98. The van der Waals surface area contributed by atoms with Crippen LogP contribution in [0.15, 0.2) is 18.2 Å². The van der Waals surface area contributed by atoms with E-state index in [9.17, 15) is 19.2 Å². The number of carbonyl (C=O) groups is 4. The Kier molecular flexibility index (Phi) is 8.12. The number of halogens is 3. The Morgan fingerprint density at radius 1 is 0.953 bits per heavy atom. The molecule has 7 nitrogen and oxygen atoms in total. The lowest BCUT2D eigenvalue weighted by Gasteiger charge is -2.61. The molecule has 2 aromatic carbocycles. The molecular weight excluding hydrogens is 563 g/mol. The molecule has 1 saturated heterocycles. The van der Waals surface area contributed by atoms with E-state index in [-0.39, 0.29) is 41.4 Å². The van der Waals surface area contributed by atoms with Crippen LogP contribution in [0.4, 0.5) is 8.78 Å². The average Bonchev–Trinajstić information content (AvgIpc) is 3.27. The Morgan fingerprint density at radius 3 is 2.02 bits per heavy atom. The summed E-state index contributed by atoms with van der Waals surface area (Å²) >= 11 is 6.33. The first-order valence-electron chi connectivity index (χ1n) is 14.2. The van der Waals surface area contributed by atoms with Gasteiger partial charge in [0.1, 0.15) is 70.6 Å². The van der Waals surface area contributed by atoms with Crippen molar-refractivity contribution in [1.82, 2.24) is 14.5 Å². The third kappa shape index (κ3) is 4.52. The molecule has 0 bridgehead atoms. The maximum atomic E-state index is 15.8. The van der Waals surface area contributed by atoms with Crippen molar-refractivity contribution >= 4 is 144 Å². The van der Waals surface area contributed by atoms with Crippen LogP contribution in [0.2, 0.25) is 15.5 Å². The summed E-state index contributed by atoms with van der Waals surface area (Å²) in [5, 5.41) is -1.46. The Hall–Kier alpha value is -2.62. The zero-order valence-corrected chi connectivity index (χ0v) is 27.5. The zero-order chi connectivity index (χ0) is 32.8. The van der Waals surface area contributed by atoms with Gasteiger partial charge in [-0.3, -0.25) is 19.2 Å². The largest absolute Gasteiger partial charge is 0.384 e. The molecule has 2 heterocycles. The molecule has 4 rings (SSSR count). The van der Waals surface area contributed by atoms with Gasteiger partial charge in [0.2, 0.25) is 27.8 Å². The zero-order valence-electron chi connectivity index (χ0n) is 26.8. The Labute approximate surface area is 265 Å². The van der Waals surface area contributed by atoms with Crippen LogP contribution in [0.3, 0.4) is 0 Å². The van der Waals surface area contributed by atoms with E-state index in [1.54, 1.807) is 73.1 Å². The second-order valence-electron chi connectivity index (χ2n) is 13.3. The van der Waals surface area contributed by atoms with Crippen molar-refractivity contribution in [2.24, 2.45) is 0 Å². The minimum Gasteiger partial charge on any atom is -0.384 e. The second-order valence-corrected chi connectivity index (χ2v) is 13.7. The van der Waals surface area contributed by atoms with Crippen molar-refractivity contribution in [2.45, 2.75) is 34.9 Å². The number of hydrogen-bond acceptors (Lipinski definition) is 4. The number of amides is 4. The normalized spacial score (nSPS) is 21.1. The summed E-state index contributed by atoms with van der Waals surface area (Å²) in [5.41, 5.74) is 1.47. The summed E-state index contributed by atoms with van der Waals surface area (Å²) in [6, 6.07) is 4.95. The van der Waals surface area contributed by atoms with Crippen LogP contribution in [0.1, 0.15) is 27.0 Å². The summed E-state index contributed by atoms with van der Waals surface area (Å²) in [7, 11) is 18.1. The molecule has 2 aromatic rings. The Morgan fingerprint density at radius 2 is 1.49 bits per heavy atom. The van der Waals surface area contributed by atoms with E-state index < -0.39 is 33.6 Å². The third-order valence-corrected chi connectivity index (χ3v) is 11.3. The number of imide groups is 1. The maximum absolute atomic E-state index is 15.8. The lowest BCUT2D eigenvalue weighted by molar-refractivity contribution is -0.154. The molecule has 210 valence electrons. The third-order valence-electron chi connectivity index (χ3n) is 10.7. The molecule has 0 N–H and O–H groups in total. The Bertz CT molecular complexity index is 1600. The molecule has 2 aliphatic heterocycles. The van der Waals surface area contributed by atoms with E-state index in [2.05, 4.69) is 0 Å². The number of fused-ring (bicyclic) bond motifs is 1. The van der Waals surface area contributed by atoms with Crippen molar-refractivity contribution < 1.29 is 28.0 Å². The van der Waals surface area contributed by atoms with Gasteiger partial charge < -0.3 is 14.5 Å². The summed E-state index contributed by atoms with van der Waals surface area (Å²) in [4.78, 5) is 57.2. The van der Waals surface area contributed by atoms with Gasteiger partial charge in [-0.2, -0.15) is 8.78 Å². The van der Waals surface area contributed by atoms with Crippen LogP contribution in [-0.2, 0) is 33.4 Å². The molecule has 0 radical (unpaired) electrons. The van der Waals surface area contributed by atoms with E-state index in [1.807, 2.05) is 15.7 Å². The van der Waals surface area contributed by atoms with Crippen LogP contribution >= 0.6 is 11.6 Å². The quantitative estimate of drug-likeness (QED) is 0.256. The lowest BCUT2D eigenvalue weighted by atomic mass is 9.21. The van der Waals surface area contributed by atoms with Crippen molar-refractivity contribution in [2.75, 3.05) is 0 Å². The summed E-state index contributed by atoms with van der Waals surface area (Å²) in [6.07, 6.45) is 0. The van der Waals surface area contributed by atoms with E-state index in [1.165, 1.54) is 20.9 Å². The highest BCUT2D eigenvalue weighted by Gasteiger charge is 2.65. The van der Waals surface area contributed by atoms with Crippen molar-refractivity contribution in [1.29, 1.82) is 0 Å². The Balaban J connectivity index is 1.63. The molecule has 1 fully saturated rings. The van der Waals surface area contributed by atoms with E-state index >= 15 is 8.78 Å². The van der Waals surface area contributed by atoms with Gasteiger partial charge in [-0.15, -0.1) is 0 Å². The molecule has 43 heavy (non-hydrogen) atoms. The van der Waals surface area contributed by atoms with Crippen LogP contribution in [-0.4, -0.2) is 130 Å². The molecule has 2 aliphatic rings. The monoisotopic (exact) mass is 593 g/mol. The average molecular weight is 592 g/mol. The predicted molar refractivity (Wildman–Crippen MR) is 195 cm³/mol. The highest BCUT2D eigenvalue weighted by molar-refractivity contribution is 6.68. The van der Waals surface area contributed by atoms with Crippen molar-refractivity contribution in [3.8, 4) is 0 Å². The molecule has 21 heteroatoms. The highest BCUT2D eigenvalue weighted by atomic mass is 35.5. The number of hydrogen-bond donors (Lipinski definition) is 0. The van der Waals surface area contributed by atoms with E-state index in [0.29, 0.717) is 32.6 Å². The van der Waals surface area contributed by atoms with Gasteiger partial charge in [0.15, 0.2) is 0 Å². The summed E-state index contributed by atoms with van der Waals surface area (Å²) in [5.74, 6) is -6.27. The van der Waals surface area contributed by atoms with Crippen LogP contribution in [0, 0.1) is 0 Å². The fraction of sp³-hybridized carbons (Fsp3) is 0.273. The fourth-order valence-electron chi connectivity index (χ4n) is 6.70. The highest BCUT2D eigenvalue weighted by Crippen LogP contribution is 2.56. The molecule has 0 spiro atoms. The predicted octanol–water partition coefficient (Wildman–Crippen LogP) is -11.0. The molecule has 4 amide bonds. The lowest BCUT2D eigenvalue weighted by Crippen LogP contribution is -2.75. The smallest absolute Gasteiger partial charge is 0.347 e. The minimum absolute atomic E-state index is 0.0985.